The Bertz CT molecular complexity index is 497. The van der Waals surface area contributed by atoms with Crippen LogP contribution >= 0.6 is 0 Å². The number of nitrogens with one attached hydrogen (secondary N) is 1. The molecular formula is C15H19N3O. The van der Waals surface area contributed by atoms with Gasteiger partial charge in [-0.25, -0.2) is 0 Å². The minimum atomic E-state index is 0.605. The Morgan fingerprint density at radius 3 is 2.74 bits per heavy atom. The van der Waals surface area contributed by atoms with E-state index in [1.165, 1.54) is 18.7 Å². The Kier molecular flexibility index (Phi) is 3.41. The Morgan fingerprint density at radius 1 is 1.37 bits per heavy atom. The Balaban J connectivity index is 1.69. The van der Waals surface area contributed by atoms with Crippen molar-refractivity contribution in [3.63, 3.8) is 0 Å². The zero-order chi connectivity index (χ0) is 13.2. The normalized spacial score (nSPS) is 26.1. The van der Waals surface area contributed by atoms with Crippen LogP contribution in [0.2, 0.25) is 0 Å². The summed E-state index contributed by atoms with van der Waals surface area (Å²) in [5, 5.41) is 12.4. The van der Waals surface area contributed by atoms with Crippen molar-refractivity contribution < 1.29 is 4.74 Å². The van der Waals surface area contributed by atoms with Crippen LogP contribution in [0.25, 0.3) is 0 Å². The second-order valence-electron chi connectivity index (χ2n) is 5.52. The molecule has 100 valence electrons. The molecule has 2 aliphatic rings. The molecule has 0 bridgehead atoms. The van der Waals surface area contributed by atoms with Crippen LogP contribution in [0.3, 0.4) is 0 Å². The lowest BCUT2D eigenvalue weighted by Crippen LogP contribution is -2.25. The summed E-state index contributed by atoms with van der Waals surface area (Å²) in [6.07, 6.45) is 0. The third-order valence-corrected chi connectivity index (χ3v) is 4.26. The number of hydrogen-bond acceptors (Lipinski definition) is 4. The van der Waals surface area contributed by atoms with Gasteiger partial charge in [-0.2, -0.15) is 5.26 Å². The standard InChI is InChI=1S/C15H19N3O/c1-19-15-4-11(2-3-12(15)5-16)8-18-9-13-6-17-7-14(13)10-18/h2-4,13-14,17H,6-10H2,1H3. The van der Waals surface area contributed by atoms with Gasteiger partial charge >= 0.3 is 0 Å². The number of methoxy groups -OCH3 is 1. The van der Waals surface area contributed by atoms with Crippen LogP contribution in [0.15, 0.2) is 18.2 Å². The van der Waals surface area contributed by atoms with E-state index in [4.69, 9.17) is 10.00 Å². The molecule has 0 amide bonds. The Hall–Kier alpha value is -1.57. The minimum absolute atomic E-state index is 0.605. The van der Waals surface area contributed by atoms with Crippen molar-refractivity contribution in [2.75, 3.05) is 33.3 Å². The van der Waals surface area contributed by atoms with Crippen LogP contribution in [0, 0.1) is 23.2 Å². The molecule has 1 N–H and O–H groups in total. The smallest absolute Gasteiger partial charge is 0.136 e. The lowest BCUT2D eigenvalue weighted by Gasteiger charge is -2.17. The van der Waals surface area contributed by atoms with E-state index in [0.717, 1.165) is 31.5 Å². The van der Waals surface area contributed by atoms with E-state index in [9.17, 15) is 0 Å². The number of likely N-dealkylation sites (tertiary alicyclic amines) is 1. The van der Waals surface area contributed by atoms with Crippen molar-refractivity contribution in [3.05, 3.63) is 29.3 Å². The topological polar surface area (TPSA) is 48.3 Å². The van der Waals surface area contributed by atoms with Gasteiger partial charge in [0, 0.05) is 19.6 Å². The molecule has 0 radical (unpaired) electrons. The van der Waals surface area contributed by atoms with E-state index in [0.29, 0.717) is 11.3 Å². The SMILES string of the molecule is COc1cc(CN2CC3CNCC3C2)ccc1C#N. The number of fused-ring (bicyclic) bond motifs is 1. The number of nitrogens with zero attached hydrogens (tertiary/aromatic N) is 2. The summed E-state index contributed by atoms with van der Waals surface area (Å²) >= 11 is 0. The largest absolute Gasteiger partial charge is 0.495 e. The highest BCUT2D eigenvalue weighted by Crippen LogP contribution is 2.28. The minimum Gasteiger partial charge on any atom is -0.495 e. The number of rotatable bonds is 3. The van der Waals surface area contributed by atoms with Gasteiger partial charge in [0.15, 0.2) is 0 Å². The number of benzene rings is 1. The lowest BCUT2D eigenvalue weighted by atomic mass is 10.0. The first-order valence-electron chi connectivity index (χ1n) is 6.80. The van der Waals surface area contributed by atoms with Gasteiger partial charge in [0.25, 0.3) is 0 Å². The zero-order valence-corrected chi connectivity index (χ0v) is 11.2. The van der Waals surface area contributed by atoms with Crippen molar-refractivity contribution in [1.82, 2.24) is 10.2 Å². The highest BCUT2D eigenvalue weighted by Gasteiger charge is 2.35. The van der Waals surface area contributed by atoms with Crippen LogP contribution in [-0.4, -0.2) is 38.2 Å². The lowest BCUT2D eigenvalue weighted by molar-refractivity contribution is 0.305. The van der Waals surface area contributed by atoms with E-state index >= 15 is 0 Å². The Labute approximate surface area is 114 Å². The molecule has 2 heterocycles. The highest BCUT2D eigenvalue weighted by molar-refractivity contribution is 5.45. The second-order valence-corrected chi connectivity index (χ2v) is 5.52. The monoisotopic (exact) mass is 257 g/mol. The van der Waals surface area contributed by atoms with Crippen LogP contribution in [-0.2, 0) is 6.54 Å². The zero-order valence-electron chi connectivity index (χ0n) is 11.2. The molecule has 0 aromatic heterocycles. The van der Waals surface area contributed by atoms with Gasteiger partial charge in [0.2, 0.25) is 0 Å². The molecule has 4 heteroatoms. The van der Waals surface area contributed by atoms with Crippen LogP contribution < -0.4 is 10.1 Å². The third kappa shape index (κ3) is 2.44. The summed E-state index contributed by atoms with van der Waals surface area (Å²) in [6.45, 7) is 5.64. The van der Waals surface area contributed by atoms with Crippen LogP contribution in [0.1, 0.15) is 11.1 Å². The van der Waals surface area contributed by atoms with Gasteiger partial charge in [0.05, 0.1) is 12.7 Å². The molecule has 2 saturated heterocycles. The van der Waals surface area contributed by atoms with Gasteiger partial charge < -0.3 is 10.1 Å². The van der Waals surface area contributed by atoms with Gasteiger partial charge in [-0.3, -0.25) is 4.90 Å². The summed E-state index contributed by atoms with van der Waals surface area (Å²) in [4.78, 5) is 2.51. The van der Waals surface area contributed by atoms with Crippen LogP contribution in [0.4, 0.5) is 0 Å². The predicted molar refractivity (Wildman–Crippen MR) is 72.8 cm³/mol. The maximum Gasteiger partial charge on any atom is 0.136 e. The van der Waals surface area contributed by atoms with E-state index in [1.54, 1.807) is 7.11 Å². The molecule has 0 aliphatic carbocycles. The molecule has 0 saturated carbocycles. The number of hydrogen-bond donors (Lipinski definition) is 1. The molecule has 2 atom stereocenters. The molecule has 19 heavy (non-hydrogen) atoms. The summed E-state index contributed by atoms with van der Waals surface area (Å²) in [5.74, 6) is 2.32. The van der Waals surface area contributed by atoms with Crippen LogP contribution in [0.5, 0.6) is 5.75 Å². The molecular weight excluding hydrogens is 238 g/mol. The van der Waals surface area contributed by atoms with E-state index in [-0.39, 0.29) is 0 Å². The van der Waals surface area contributed by atoms with Crippen molar-refractivity contribution in [3.8, 4) is 11.8 Å². The quantitative estimate of drug-likeness (QED) is 0.884. The first-order chi connectivity index (χ1) is 9.30. The average molecular weight is 257 g/mol. The summed E-state index contributed by atoms with van der Waals surface area (Å²) in [7, 11) is 1.62. The fourth-order valence-electron chi connectivity index (χ4n) is 3.27. The number of nitriles is 1. The Morgan fingerprint density at radius 2 is 2.11 bits per heavy atom. The molecule has 2 fully saturated rings. The summed E-state index contributed by atoms with van der Waals surface area (Å²) in [5.41, 5.74) is 1.83. The third-order valence-electron chi connectivity index (χ3n) is 4.26. The fourth-order valence-corrected chi connectivity index (χ4v) is 3.27. The van der Waals surface area contributed by atoms with Crippen molar-refractivity contribution in [2.45, 2.75) is 6.54 Å². The first kappa shape index (κ1) is 12.5. The molecule has 1 aromatic rings. The molecule has 3 rings (SSSR count). The van der Waals surface area contributed by atoms with E-state index in [2.05, 4.69) is 16.3 Å². The van der Waals surface area contributed by atoms with E-state index in [1.807, 2.05) is 18.2 Å². The maximum atomic E-state index is 8.99. The molecule has 2 aliphatic heterocycles. The predicted octanol–water partition coefficient (Wildman–Crippen LogP) is 1.22. The van der Waals surface area contributed by atoms with Gasteiger partial charge in [-0.1, -0.05) is 6.07 Å². The first-order valence-corrected chi connectivity index (χ1v) is 6.80. The van der Waals surface area contributed by atoms with E-state index < -0.39 is 0 Å². The number of ether oxygens (including phenoxy) is 1. The summed E-state index contributed by atoms with van der Waals surface area (Å²) in [6, 6.07) is 8.03. The highest BCUT2D eigenvalue weighted by atomic mass is 16.5. The second kappa shape index (κ2) is 5.20. The van der Waals surface area contributed by atoms with Gasteiger partial charge in [-0.15, -0.1) is 0 Å². The van der Waals surface area contributed by atoms with Gasteiger partial charge in [-0.05, 0) is 42.6 Å². The fraction of sp³-hybridized carbons (Fsp3) is 0.533. The molecule has 2 unspecified atom stereocenters. The van der Waals surface area contributed by atoms with Crippen molar-refractivity contribution >= 4 is 0 Å². The van der Waals surface area contributed by atoms with Crippen molar-refractivity contribution in [2.24, 2.45) is 11.8 Å². The van der Waals surface area contributed by atoms with Gasteiger partial charge in [0.1, 0.15) is 11.8 Å². The average Bonchev–Trinajstić information content (AvgIpc) is 2.99. The molecule has 0 spiro atoms. The maximum absolute atomic E-state index is 8.99. The summed E-state index contributed by atoms with van der Waals surface area (Å²) < 4.78 is 5.26. The molecule has 4 nitrogen and oxygen atoms in total. The molecule has 1 aromatic carbocycles. The van der Waals surface area contributed by atoms with Crippen molar-refractivity contribution in [1.29, 1.82) is 5.26 Å².